The first kappa shape index (κ1) is 14.8. The summed E-state index contributed by atoms with van der Waals surface area (Å²) < 4.78 is 38.6. The lowest BCUT2D eigenvalue weighted by molar-refractivity contribution is -0.00925. The summed E-state index contributed by atoms with van der Waals surface area (Å²) >= 11 is 0. The first-order valence-corrected chi connectivity index (χ1v) is 8.46. The van der Waals surface area contributed by atoms with E-state index in [1.807, 2.05) is 13.0 Å². The van der Waals surface area contributed by atoms with E-state index in [1.165, 1.54) is 7.11 Å². The zero-order chi connectivity index (χ0) is 15.2. The molecule has 4 atom stereocenters. The number of benzene rings is 1. The molecular weight excluding hydrogens is 292 g/mol. The molecule has 0 amide bonds. The summed E-state index contributed by atoms with van der Waals surface area (Å²) in [6.07, 6.45) is 0.795. The van der Waals surface area contributed by atoms with E-state index < -0.39 is 10.0 Å². The summed E-state index contributed by atoms with van der Waals surface area (Å²) in [4.78, 5) is 0.138. The monoisotopic (exact) mass is 312 g/mol. The van der Waals surface area contributed by atoms with Gasteiger partial charge < -0.3 is 15.2 Å². The summed E-state index contributed by atoms with van der Waals surface area (Å²) in [6, 6.07) is 4.50. The van der Waals surface area contributed by atoms with Gasteiger partial charge in [-0.05, 0) is 31.0 Å². The lowest BCUT2D eigenvalue weighted by Gasteiger charge is -2.45. The third-order valence-electron chi connectivity index (χ3n) is 4.35. The maximum atomic E-state index is 12.6. The Morgan fingerprint density at radius 1 is 1.43 bits per heavy atom. The summed E-state index contributed by atoms with van der Waals surface area (Å²) in [7, 11) is -2.24. The van der Waals surface area contributed by atoms with Gasteiger partial charge in [0.2, 0.25) is 10.0 Å². The molecule has 1 aromatic rings. The molecule has 0 aromatic heterocycles. The third kappa shape index (κ3) is 2.44. The van der Waals surface area contributed by atoms with Crippen LogP contribution < -0.4 is 15.2 Å². The van der Waals surface area contributed by atoms with Gasteiger partial charge in [-0.2, -0.15) is 0 Å². The van der Waals surface area contributed by atoms with Crippen LogP contribution in [-0.2, 0) is 14.8 Å². The number of rotatable bonds is 4. The summed E-state index contributed by atoms with van der Waals surface area (Å²) in [5.74, 6) is 0.585. The van der Waals surface area contributed by atoms with Gasteiger partial charge in [0.25, 0.3) is 0 Å². The smallest absolute Gasteiger partial charge is 0.244 e. The first-order chi connectivity index (χ1) is 9.94. The number of ether oxygens (including phenoxy) is 2. The highest BCUT2D eigenvalue weighted by Crippen LogP contribution is 2.38. The van der Waals surface area contributed by atoms with E-state index in [9.17, 15) is 8.42 Å². The average Bonchev–Trinajstić information content (AvgIpc) is 2.90. The molecule has 1 heterocycles. The molecule has 6 nitrogen and oxygen atoms in total. The molecule has 1 saturated heterocycles. The van der Waals surface area contributed by atoms with E-state index in [-0.39, 0.29) is 29.0 Å². The Hall–Kier alpha value is -1.15. The minimum atomic E-state index is -3.69. The number of aryl methyl sites for hydroxylation is 1. The van der Waals surface area contributed by atoms with Gasteiger partial charge in [-0.25, -0.2) is 13.1 Å². The van der Waals surface area contributed by atoms with Crippen molar-refractivity contribution in [2.75, 3.05) is 13.7 Å². The minimum absolute atomic E-state index is 0.106. The van der Waals surface area contributed by atoms with Crippen molar-refractivity contribution in [3.05, 3.63) is 23.8 Å². The van der Waals surface area contributed by atoms with Crippen molar-refractivity contribution in [1.82, 2.24) is 4.72 Å². The number of nitrogens with two attached hydrogens (primary N) is 1. The predicted molar refractivity (Wildman–Crippen MR) is 77.7 cm³/mol. The fourth-order valence-electron chi connectivity index (χ4n) is 3.13. The molecule has 3 rings (SSSR count). The molecule has 1 aromatic carbocycles. The fourth-order valence-corrected chi connectivity index (χ4v) is 4.67. The highest BCUT2D eigenvalue weighted by atomic mass is 32.2. The zero-order valence-corrected chi connectivity index (χ0v) is 12.9. The molecule has 0 radical (unpaired) electrons. The van der Waals surface area contributed by atoms with Gasteiger partial charge in [0.15, 0.2) is 0 Å². The van der Waals surface area contributed by atoms with Crippen LogP contribution in [0.4, 0.5) is 0 Å². The zero-order valence-electron chi connectivity index (χ0n) is 12.1. The number of fused-ring (bicyclic) bond motifs is 1. The second-order valence-corrected chi connectivity index (χ2v) is 7.35. The molecule has 21 heavy (non-hydrogen) atoms. The quantitative estimate of drug-likeness (QED) is 0.839. The molecule has 3 N–H and O–H groups in total. The Balaban J connectivity index is 1.86. The van der Waals surface area contributed by atoms with Gasteiger partial charge in [0.1, 0.15) is 10.6 Å². The highest BCUT2D eigenvalue weighted by Gasteiger charge is 2.53. The molecule has 1 saturated carbocycles. The molecule has 116 valence electrons. The lowest BCUT2D eigenvalue weighted by atomic mass is 9.73. The Morgan fingerprint density at radius 3 is 2.90 bits per heavy atom. The lowest BCUT2D eigenvalue weighted by Crippen LogP contribution is -2.68. The van der Waals surface area contributed by atoms with Crippen LogP contribution in [-0.4, -0.2) is 40.3 Å². The van der Waals surface area contributed by atoms with Crippen LogP contribution in [0.5, 0.6) is 5.75 Å². The number of hydrogen-bond donors (Lipinski definition) is 2. The Labute approximate surface area is 124 Å². The second kappa shape index (κ2) is 5.24. The van der Waals surface area contributed by atoms with Gasteiger partial charge >= 0.3 is 0 Å². The van der Waals surface area contributed by atoms with E-state index in [0.29, 0.717) is 12.4 Å². The largest absolute Gasteiger partial charge is 0.495 e. The van der Waals surface area contributed by atoms with Crippen LogP contribution in [0.15, 0.2) is 23.1 Å². The van der Waals surface area contributed by atoms with E-state index in [0.717, 1.165) is 12.0 Å². The summed E-state index contributed by atoms with van der Waals surface area (Å²) in [6.45, 7) is 2.48. The van der Waals surface area contributed by atoms with E-state index >= 15 is 0 Å². The third-order valence-corrected chi connectivity index (χ3v) is 5.83. The van der Waals surface area contributed by atoms with Crippen molar-refractivity contribution in [3.8, 4) is 5.75 Å². The summed E-state index contributed by atoms with van der Waals surface area (Å²) in [5.41, 5.74) is 6.91. The van der Waals surface area contributed by atoms with Crippen molar-refractivity contribution in [1.29, 1.82) is 0 Å². The second-order valence-electron chi connectivity index (χ2n) is 5.67. The minimum Gasteiger partial charge on any atom is -0.495 e. The molecule has 4 unspecified atom stereocenters. The van der Waals surface area contributed by atoms with Crippen molar-refractivity contribution in [2.45, 2.75) is 36.4 Å². The Kier molecular flexibility index (Phi) is 3.69. The number of sulfonamides is 1. The van der Waals surface area contributed by atoms with Crippen LogP contribution in [0.25, 0.3) is 0 Å². The van der Waals surface area contributed by atoms with Gasteiger partial charge in [-0.15, -0.1) is 0 Å². The number of hydrogen-bond acceptors (Lipinski definition) is 5. The molecule has 2 fully saturated rings. The standard InChI is InChI=1S/C14H20N2O4S/c1-8-3-4-10(19-2)11(7-8)21(17,18)16-13-12(15)9-5-6-20-14(9)13/h3-4,7,9,12-14,16H,5-6,15H2,1-2H3. The maximum absolute atomic E-state index is 12.6. The van der Waals surface area contributed by atoms with E-state index in [4.69, 9.17) is 15.2 Å². The molecule has 7 heteroatoms. The highest BCUT2D eigenvalue weighted by molar-refractivity contribution is 7.89. The van der Waals surface area contributed by atoms with Crippen LogP contribution in [0, 0.1) is 12.8 Å². The Morgan fingerprint density at radius 2 is 2.19 bits per heavy atom. The van der Waals surface area contributed by atoms with Gasteiger partial charge in [-0.3, -0.25) is 0 Å². The predicted octanol–water partition coefficient (Wildman–Crippen LogP) is 0.397. The molecule has 1 aliphatic carbocycles. The molecule has 1 aliphatic heterocycles. The molecule has 0 bridgehead atoms. The molecular formula is C14H20N2O4S. The van der Waals surface area contributed by atoms with Crippen molar-refractivity contribution in [3.63, 3.8) is 0 Å². The van der Waals surface area contributed by atoms with Gasteiger partial charge in [-0.1, -0.05) is 6.07 Å². The normalized spacial score (nSPS) is 31.6. The number of nitrogens with one attached hydrogen (secondary N) is 1. The van der Waals surface area contributed by atoms with Crippen LogP contribution in [0.1, 0.15) is 12.0 Å². The first-order valence-electron chi connectivity index (χ1n) is 6.98. The Bertz CT molecular complexity index is 646. The topological polar surface area (TPSA) is 90.7 Å². The maximum Gasteiger partial charge on any atom is 0.244 e. The fraction of sp³-hybridized carbons (Fsp3) is 0.571. The van der Waals surface area contributed by atoms with Crippen LogP contribution in [0.3, 0.4) is 0 Å². The van der Waals surface area contributed by atoms with Gasteiger partial charge in [0, 0.05) is 18.6 Å². The van der Waals surface area contributed by atoms with Crippen LogP contribution in [0.2, 0.25) is 0 Å². The van der Waals surface area contributed by atoms with Crippen molar-refractivity contribution >= 4 is 10.0 Å². The van der Waals surface area contributed by atoms with Crippen molar-refractivity contribution < 1.29 is 17.9 Å². The number of methoxy groups -OCH3 is 1. The molecule has 2 aliphatic rings. The summed E-state index contributed by atoms with van der Waals surface area (Å²) in [5, 5.41) is 0. The van der Waals surface area contributed by atoms with E-state index in [2.05, 4.69) is 4.72 Å². The molecule has 0 spiro atoms. The van der Waals surface area contributed by atoms with Crippen LogP contribution >= 0.6 is 0 Å². The average molecular weight is 312 g/mol. The van der Waals surface area contributed by atoms with Crippen molar-refractivity contribution in [2.24, 2.45) is 11.7 Å². The van der Waals surface area contributed by atoms with E-state index in [1.54, 1.807) is 12.1 Å². The van der Waals surface area contributed by atoms with Gasteiger partial charge in [0.05, 0.1) is 19.3 Å². The SMILES string of the molecule is COc1ccc(C)cc1S(=O)(=O)NC1C(N)C2CCOC21.